The Morgan fingerprint density at radius 3 is 2.50 bits per heavy atom. The van der Waals surface area contributed by atoms with Crippen molar-refractivity contribution in [3.8, 4) is 0 Å². The highest BCUT2D eigenvalue weighted by Gasteiger charge is 2.04. The van der Waals surface area contributed by atoms with Gasteiger partial charge >= 0.3 is 5.97 Å². The minimum atomic E-state index is -0.338. The van der Waals surface area contributed by atoms with Crippen LogP contribution in [0.15, 0.2) is 36.4 Å². The molecule has 0 saturated heterocycles. The fourth-order valence-electron chi connectivity index (χ4n) is 1.37. The van der Waals surface area contributed by atoms with Crippen LogP contribution in [0.2, 0.25) is 0 Å². The number of ether oxygens (including phenoxy) is 2. The van der Waals surface area contributed by atoms with E-state index < -0.39 is 0 Å². The maximum atomic E-state index is 11.2. The molecule has 0 amide bonds. The Hall–Kier alpha value is -1.61. The second-order valence-electron chi connectivity index (χ2n) is 3.30. The van der Waals surface area contributed by atoms with Crippen molar-refractivity contribution in [2.75, 3.05) is 20.8 Å². The molecule has 1 aromatic rings. The molecule has 1 aromatic carbocycles. The minimum absolute atomic E-state index is 0.338. The van der Waals surface area contributed by atoms with Gasteiger partial charge in [-0.2, -0.15) is 0 Å². The number of carbonyl (C=O) groups excluding carboxylic acids is 1. The molecule has 0 fully saturated rings. The molecule has 3 heteroatoms. The van der Waals surface area contributed by atoms with E-state index in [4.69, 9.17) is 4.74 Å². The Balaban J connectivity index is 2.87. The summed E-state index contributed by atoms with van der Waals surface area (Å²) in [6, 6.07) is 9.74. The Morgan fingerprint density at radius 1 is 1.25 bits per heavy atom. The predicted octanol–water partition coefficient (Wildman–Crippen LogP) is 2.28. The molecule has 86 valence electrons. The highest BCUT2D eigenvalue weighted by molar-refractivity contribution is 5.91. The molecule has 0 bridgehead atoms. The van der Waals surface area contributed by atoms with Crippen LogP contribution in [0.3, 0.4) is 0 Å². The lowest BCUT2D eigenvalue weighted by atomic mass is 10.0. The largest absolute Gasteiger partial charge is 0.466 e. The molecular formula is C13H16O3. The van der Waals surface area contributed by atoms with Crippen LogP contribution < -0.4 is 0 Å². The molecule has 0 N–H and O–H groups in total. The second-order valence-corrected chi connectivity index (χ2v) is 3.30. The molecular weight excluding hydrogens is 204 g/mol. The number of methoxy groups -OCH3 is 2. The third kappa shape index (κ3) is 3.87. The van der Waals surface area contributed by atoms with E-state index >= 15 is 0 Å². The summed E-state index contributed by atoms with van der Waals surface area (Å²) in [5.74, 6) is -0.338. The summed E-state index contributed by atoms with van der Waals surface area (Å²) in [7, 11) is 3.01. The Bertz CT molecular complexity index is 355. The Labute approximate surface area is 95.7 Å². The van der Waals surface area contributed by atoms with Crippen molar-refractivity contribution in [1.82, 2.24) is 0 Å². The SMILES string of the molecule is COCC/C(=C\C(=O)OC)c1ccccc1. The first-order valence-electron chi connectivity index (χ1n) is 5.11. The van der Waals surface area contributed by atoms with Crippen molar-refractivity contribution in [3.63, 3.8) is 0 Å². The number of hydrogen-bond donors (Lipinski definition) is 0. The number of hydrogen-bond acceptors (Lipinski definition) is 3. The van der Waals surface area contributed by atoms with Gasteiger partial charge in [-0.15, -0.1) is 0 Å². The molecule has 3 nitrogen and oxygen atoms in total. The van der Waals surface area contributed by atoms with E-state index in [0.717, 1.165) is 11.1 Å². The van der Waals surface area contributed by atoms with E-state index in [1.54, 1.807) is 7.11 Å². The maximum absolute atomic E-state index is 11.2. The molecule has 0 aliphatic heterocycles. The van der Waals surface area contributed by atoms with Crippen LogP contribution in [-0.4, -0.2) is 26.8 Å². The summed E-state index contributed by atoms with van der Waals surface area (Å²) in [6.45, 7) is 0.581. The quantitative estimate of drug-likeness (QED) is 0.564. The van der Waals surface area contributed by atoms with Crippen molar-refractivity contribution >= 4 is 11.5 Å². The van der Waals surface area contributed by atoms with Crippen LogP contribution in [0.5, 0.6) is 0 Å². The van der Waals surface area contributed by atoms with Crippen LogP contribution in [0.25, 0.3) is 5.57 Å². The summed E-state index contributed by atoms with van der Waals surface area (Å²) >= 11 is 0. The molecule has 0 spiro atoms. The van der Waals surface area contributed by atoms with Gasteiger partial charge in [0, 0.05) is 13.2 Å². The molecule has 0 aromatic heterocycles. The van der Waals surface area contributed by atoms with Crippen molar-refractivity contribution in [3.05, 3.63) is 42.0 Å². The molecule has 0 heterocycles. The lowest BCUT2D eigenvalue weighted by molar-refractivity contribution is -0.134. The van der Waals surface area contributed by atoms with Crippen LogP contribution in [0, 0.1) is 0 Å². The second kappa shape index (κ2) is 6.80. The van der Waals surface area contributed by atoms with E-state index in [1.165, 1.54) is 13.2 Å². The van der Waals surface area contributed by atoms with E-state index in [9.17, 15) is 4.79 Å². The van der Waals surface area contributed by atoms with E-state index in [1.807, 2.05) is 30.3 Å². The van der Waals surface area contributed by atoms with Crippen LogP contribution in [0.4, 0.5) is 0 Å². The Morgan fingerprint density at radius 2 is 1.94 bits per heavy atom. The third-order valence-electron chi connectivity index (χ3n) is 2.21. The zero-order chi connectivity index (χ0) is 11.8. The zero-order valence-electron chi connectivity index (χ0n) is 9.60. The fraction of sp³-hybridized carbons (Fsp3) is 0.308. The van der Waals surface area contributed by atoms with Gasteiger partial charge in [0.2, 0.25) is 0 Å². The monoisotopic (exact) mass is 220 g/mol. The van der Waals surface area contributed by atoms with E-state index in [-0.39, 0.29) is 5.97 Å². The van der Waals surface area contributed by atoms with Crippen molar-refractivity contribution in [2.45, 2.75) is 6.42 Å². The van der Waals surface area contributed by atoms with Gasteiger partial charge in [-0.25, -0.2) is 4.79 Å². The summed E-state index contributed by atoms with van der Waals surface area (Å²) in [4.78, 5) is 11.2. The van der Waals surface area contributed by atoms with Crippen LogP contribution in [0.1, 0.15) is 12.0 Å². The van der Waals surface area contributed by atoms with Gasteiger partial charge in [0.1, 0.15) is 0 Å². The summed E-state index contributed by atoms with van der Waals surface area (Å²) in [5.41, 5.74) is 1.94. The average molecular weight is 220 g/mol. The minimum Gasteiger partial charge on any atom is -0.466 e. The lowest BCUT2D eigenvalue weighted by Crippen LogP contribution is -1.99. The standard InChI is InChI=1S/C13H16O3/c1-15-9-8-12(10-13(14)16-2)11-6-4-3-5-7-11/h3-7,10H,8-9H2,1-2H3/b12-10+. The average Bonchev–Trinajstić information content (AvgIpc) is 2.35. The molecule has 0 aliphatic rings. The highest BCUT2D eigenvalue weighted by Crippen LogP contribution is 2.17. The van der Waals surface area contributed by atoms with Crippen molar-refractivity contribution in [1.29, 1.82) is 0 Å². The van der Waals surface area contributed by atoms with Gasteiger partial charge in [-0.05, 0) is 17.6 Å². The van der Waals surface area contributed by atoms with Gasteiger partial charge < -0.3 is 9.47 Å². The van der Waals surface area contributed by atoms with Crippen LogP contribution >= 0.6 is 0 Å². The molecule has 0 aliphatic carbocycles. The summed E-state index contributed by atoms with van der Waals surface area (Å²) in [5, 5.41) is 0. The van der Waals surface area contributed by atoms with Gasteiger partial charge in [0.15, 0.2) is 0 Å². The van der Waals surface area contributed by atoms with Gasteiger partial charge in [0.05, 0.1) is 13.7 Å². The van der Waals surface area contributed by atoms with E-state index in [2.05, 4.69) is 4.74 Å². The normalized spacial score (nSPS) is 11.2. The molecule has 16 heavy (non-hydrogen) atoms. The lowest BCUT2D eigenvalue weighted by Gasteiger charge is -2.06. The number of carbonyl (C=O) groups is 1. The first kappa shape index (κ1) is 12.5. The number of benzene rings is 1. The molecule has 1 rings (SSSR count). The summed E-state index contributed by atoms with van der Waals surface area (Å²) in [6.07, 6.45) is 2.20. The fourth-order valence-corrected chi connectivity index (χ4v) is 1.37. The van der Waals surface area contributed by atoms with Gasteiger partial charge in [-0.1, -0.05) is 30.3 Å². The predicted molar refractivity (Wildman–Crippen MR) is 62.9 cm³/mol. The third-order valence-corrected chi connectivity index (χ3v) is 2.21. The molecule has 0 radical (unpaired) electrons. The van der Waals surface area contributed by atoms with Gasteiger partial charge in [-0.3, -0.25) is 0 Å². The zero-order valence-corrected chi connectivity index (χ0v) is 9.60. The first-order chi connectivity index (χ1) is 7.77. The topological polar surface area (TPSA) is 35.5 Å². The van der Waals surface area contributed by atoms with Crippen molar-refractivity contribution in [2.24, 2.45) is 0 Å². The molecule has 0 saturated carbocycles. The maximum Gasteiger partial charge on any atom is 0.330 e. The highest BCUT2D eigenvalue weighted by atomic mass is 16.5. The van der Waals surface area contributed by atoms with Gasteiger partial charge in [0.25, 0.3) is 0 Å². The molecule has 0 atom stereocenters. The first-order valence-corrected chi connectivity index (χ1v) is 5.11. The smallest absolute Gasteiger partial charge is 0.330 e. The van der Waals surface area contributed by atoms with Crippen molar-refractivity contribution < 1.29 is 14.3 Å². The molecule has 0 unspecified atom stereocenters. The van der Waals surface area contributed by atoms with E-state index in [0.29, 0.717) is 13.0 Å². The van der Waals surface area contributed by atoms with Crippen LogP contribution in [-0.2, 0) is 14.3 Å². The Kier molecular flexibility index (Phi) is 5.29. The number of rotatable bonds is 5. The summed E-state index contributed by atoms with van der Waals surface area (Å²) < 4.78 is 9.64. The number of esters is 1.